The van der Waals surface area contributed by atoms with Crippen LogP contribution in [0.4, 0.5) is 0 Å². The van der Waals surface area contributed by atoms with Crippen molar-refractivity contribution in [3.8, 4) is 0 Å². The summed E-state index contributed by atoms with van der Waals surface area (Å²) in [6.45, 7) is 0.464. The van der Waals surface area contributed by atoms with E-state index in [-0.39, 0.29) is 25.6 Å². The average molecular weight is 585 g/mol. The van der Waals surface area contributed by atoms with Crippen LogP contribution in [0.25, 0.3) is 0 Å². The van der Waals surface area contributed by atoms with Crippen LogP contribution in [-0.4, -0.2) is 148 Å². The van der Waals surface area contributed by atoms with Gasteiger partial charge in [-0.1, -0.05) is 0 Å². The molecular weight excluding hydrogens is 536 g/mol. The molecule has 236 valence electrons. The lowest BCUT2D eigenvalue weighted by Crippen LogP contribution is -2.73. The predicted octanol–water partition coefficient (Wildman–Crippen LogP) is -6.79. The number of nitrogens with one attached hydrogen (secondary N) is 1. The molecule has 14 atom stereocenters. The highest BCUT2D eigenvalue weighted by Gasteiger charge is 2.53. The van der Waals surface area contributed by atoms with Gasteiger partial charge in [0.15, 0.2) is 12.6 Å². The second kappa shape index (κ2) is 16.5. The smallest absolute Gasteiger partial charge is 0.249 e. The topological polar surface area (TPSA) is 318 Å². The molecule has 0 bridgehead atoms. The molecule has 17 nitrogen and oxygen atoms in total. The SMILES string of the molecule is C[C@@H](O)C(CO)O[C@H](O[C@@H]1C(O)C(O[C@H]2O[C@H](CN)CCC2N)[C@@H](N)[C@@H](O)C1NC(=O)[C@@H](O)CCN)[C@@H](O)CN. The van der Waals surface area contributed by atoms with Crippen LogP contribution in [0.5, 0.6) is 0 Å². The lowest BCUT2D eigenvalue weighted by molar-refractivity contribution is -0.300. The van der Waals surface area contributed by atoms with Gasteiger partial charge >= 0.3 is 0 Å². The molecule has 1 heterocycles. The quantitative estimate of drug-likeness (QED) is 0.0795. The summed E-state index contributed by atoms with van der Waals surface area (Å²) in [5.74, 6) is -0.931. The Morgan fingerprint density at radius 1 is 1.07 bits per heavy atom. The van der Waals surface area contributed by atoms with Gasteiger partial charge < -0.3 is 83.6 Å². The molecule has 1 aliphatic heterocycles. The molecular formula is C23H48N6O11. The van der Waals surface area contributed by atoms with E-state index in [0.717, 1.165) is 0 Å². The third-order valence-corrected chi connectivity index (χ3v) is 7.15. The molecule has 0 aromatic carbocycles. The lowest BCUT2D eigenvalue weighted by atomic mass is 9.81. The number of rotatable bonds is 15. The van der Waals surface area contributed by atoms with E-state index in [4.69, 9.17) is 47.6 Å². The van der Waals surface area contributed by atoms with Crippen molar-refractivity contribution in [1.82, 2.24) is 5.32 Å². The van der Waals surface area contributed by atoms with Crippen LogP contribution in [0.3, 0.4) is 0 Å². The maximum Gasteiger partial charge on any atom is 0.249 e. The van der Waals surface area contributed by atoms with Gasteiger partial charge in [0.2, 0.25) is 5.91 Å². The van der Waals surface area contributed by atoms with Gasteiger partial charge in [-0.25, -0.2) is 0 Å². The number of carbonyl (C=O) groups excluding carboxylic acids is 1. The van der Waals surface area contributed by atoms with Crippen molar-refractivity contribution in [3.05, 3.63) is 0 Å². The molecule has 5 unspecified atom stereocenters. The molecule has 1 saturated carbocycles. The number of aliphatic hydroxyl groups is 6. The predicted molar refractivity (Wildman–Crippen MR) is 139 cm³/mol. The maximum atomic E-state index is 12.7. The molecule has 2 fully saturated rings. The molecule has 17 heteroatoms. The Labute approximate surface area is 232 Å². The normalized spacial score (nSPS) is 36.9. The highest BCUT2D eigenvalue weighted by molar-refractivity contribution is 5.81. The number of hydrogen-bond donors (Lipinski definition) is 12. The second-order valence-electron chi connectivity index (χ2n) is 10.3. The van der Waals surface area contributed by atoms with E-state index in [1.165, 1.54) is 6.92 Å². The Hall–Kier alpha value is -1.13. The zero-order valence-electron chi connectivity index (χ0n) is 22.6. The van der Waals surface area contributed by atoms with Crippen LogP contribution < -0.4 is 34.0 Å². The first-order chi connectivity index (χ1) is 18.9. The van der Waals surface area contributed by atoms with Gasteiger partial charge in [0, 0.05) is 13.1 Å². The summed E-state index contributed by atoms with van der Waals surface area (Å²) >= 11 is 0. The van der Waals surface area contributed by atoms with Gasteiger partial charge in [-0.3, -0.25) is 4.79 Å². The standard InChI is InChI=1S/C23H48N6O11/c1-9(31)14(8-30)38-23(13(33)7-26)40-20-16(29-21(36)12(32)4-5-24)17(34)15(28)19(18(20)35)39-22-11(27)3-2-10(6-25)37-22/h9-20,22-23,30-35H,2-8,24-28H2,1H3,(H,29,36)/t9-,10+,11?,12+,13+,14?,15+,16?,17-,18?,19?,20+,22-,23-/m1/s1. The van der Waals surface area contributed by atoms with E-state index in [2.05, 4.69) is 5.32 Å². The zero-order valence-corrected chi connectivity index (χ0v) is 22.6. The number of hydrogen-bond acceptors (Lipinski definition) is 16. The Morgan fingerprint density at radius 2 is 1.75 bits per heavy atom. The van der Waals surface area contributed by atoms with Gasteiger partial charge in [0.1, 0.15) is 36.6 Å². The summed E-state index contributed by atoms with van der Waals surface area (Å²) in [6.07, 6.45) is -13.8. The van der Waals surface area contributed by atoms with Crippen molar-refractivity contribution >= 4 is 5.91 Å². The molecule has 1 saturated heterocycles. The largest absolute Gasteiger partial charge is 0.394 e. The average Bonchev–Trinajstić information content (AvgIpc) is 2.93. The second-order valence-corrected chi connectivity index (χ2v) is 10.3. The van der Waals surface area contributed by atoms with Gasteiger partial charge in [0.25, 0.3) is 0 Å². The molecule has 1 amide bonds. The fraction of sp³-hybridized carbons (Fsp3) is 0.957. The Balaban J connectivity index is 2.40. The van der Waals surface area contributed by atoms with Crippen LogP contribution in [-0.2, 0) is 23.7 Å². The minimum absolute atomic E-state index is 0.00821. The van der Waals surface area contributed by atoms with Gasteiger partial charge in [-0.05, 0) is 32.7 Å². The van der Waals surface area contributed by atoms with Crippen molar-refractivity contribution in [3.63, 3.8) is 0 Å². The summed E-state index contributed by atoms with van der Waals surface area (Å²) in [6, 6.07) is -3.38. The molecule has 2 rings (SSSR count). The monoisotopic (exact) mass is 584 g/mol. The summed E-state index contributed by atoms with van der Waals surface area (Å²) in [5.41, 5.74) is 29.1. The maximum absolute atomic E-state index is 12.7. The molecule has 1 aliphatic carbocycles. The number of carbonyl (C=O) groups is 1. The third kappa shape index (κ3) is 8.93. The minimum Gasteiger partial charge on any atom is -0.394 e. The number of amides is 1. The Bertz CT molecular complexity index is 758. The minimum atomic E-state index is -1.69. The van der Waals surface area contributed by atoms with E-state index in [1.807, 2.05) is 0 Å². The highest BCUT2D eigenvalue weighted by atomic mass is 16.7. The molecule has 2 aliphatic rings. The van der Waals surface area contributed by atoms with E-state index >= 15 is 0 Å². The number of aliphatic hydroxyl groups excluding tert-OH is 6. The molecule has 40 heavy (non-hydrogen) atoms. The number of ether oxygens (including phenoxy) is 4. The lowest BCUT2D eigenvalue weighted by Gasteiger charge is -2.49. The fourth-order valence-electron chi connectivity index (χ4n) is 4.60. The molecule has 0 spiro atoms. The molecule has 0 aromatic heterocycles. The molecule has 17 N–H and O–H groups in total. The summed E-state index contributed by atoms with van der Waals surface area (Å²) in [7, 11) is 0. The van der Waals surface area contributed by atoms with Crippen LogP contribution in [0.2, 0.25) is 0 Å². The van der Waals surface area contributed by atoms with Gasteiger partial charge in [0.05, 0.1) is 43.0 Å². The molecule has 0 radical (unpaired) electrons. The third-order valence-electron chi connectivity index (χ3n) is 7.15. The van der Waals surface area contributed by atoms with Crippen molar-refractivity contribution in [2.45, 2.75) is 112 Å². The zero-order chi connectivity index (χ0) is 30.1. The van der Waals surface area contributed by atoms with E-state index in [0.29, 0.717) is 12.8 Å². The van der Waals surface area contributed by atoms with Crippen molar-refractivity contribution in [2.24, 2.45) is 28.7 Å². The van der Waals surface area contributed by atoms with E-state index in [9.17, 15) is 35.4 Å². The van der Waals surface area contributed by atoms with E-state index < -0.39 is 98.6 Å². The van der Waals surface area contributed by atoms with Crippen molar-refractivity contribution in [2.75, 3.05) is 26.2 Å². The Morgan fingerprint density at radius 3 is 2.30 bits per heavy atom. The first kappa shape index (κ1) is 35.1. The van der Waals surface area contributed by atoms with Crippen LogP contribution in [0, 0.1) is 0 Å². The van der Waals surface area contributed by atoms with E-state index in [1.54, 1.807) is 0 Å². The Kier molecular flexibility index (Phi) is 14.5. The summed E-state index contributed by atoms with van der Waals surface area (Å²) in [4.78, 5) is 12.7. The van der Waals surface area contributed by atoms with Gasteiger partial charge in [-0.15, -0.1) is 0 Å². The summed E-state index contributed by atoms with van der Waals surface area (Å²) in [5, 5.41) is 65.1. The fourth-order valence-corrected chi connectivity index (χ4v) is 4.60. The van der Waals surface area contributed by atoms with Crippen LogP contribution in [0.15, 0.2) is 0 Å². The number of nitrogens with two attached hydrogens (primary N) is 5. The summed E-state index contributed by atoms with van der Waals surface area (Å²) < 4.78 is 23.1. The molecule has 0 aromatic rings. The van der Waals surface area contributed by atoms with Crippen molar-refractivity contribution < 1.29 is 54.4 Å². The van der Waals surface area contributed by atoms with Crippen LogP contribution >= 0.6 is 0 Å². The van der Waals surface area contributed by atoms with Crippen molar-refractivity contribution in [1.29, 1.82) is 0 Å². The first-order valence-corrected chi connectivity index (χ1v) is 13.4. The van der Waals surface area contributed by atoms with Crippen LogP contribution in [0.1, 0.15) is 26.2 Å². The highest BCUT2D eigenvalue weighted by Crippen LogP contribution is 2.30. The van der Waals surface area contributed by atoms with Gasteiger partial charge in [-0.2, -0.15) is 0 Å². The first-order valence-electron chi connectivity index (χ1n) is 13.4.